The average Bonchev–Trinajstić information content (AvgIpc) is 2.62. The summed E-state index contributed by atoms with van der Waals surface area (Å²) >= 11 is 6.15. The first-order valence-corrected chi connectivity index (χ1v) is 10.1. The quantitative estimate of drug-likeness (QED) is 0.549. The number of halogens is 1. The first-order chi connectivity index (χ1) is 12.2. The molecule has 0 aromatic heterocycles. The van der Waals surface area contributed by atoms with Crippen LogP contribution < -0.4 is 10.6 Å². The van der Waals surface area contributed by atoms with Crippen LogP contribution in [0.5, 0.6) is 0 Å². The summed E-state index contributed by atoms with van der Waals surface area (Å²) in [6.07, 6.45) is 0.820. The minimum Gasteiger partial charge on any atom is -0.356 e. The van der Waals surface area contributed by atoms with Crippen LogP contribution in [-0.4, -0.2) is 36.1 Å². The summed E-state index contributed by atoms with van der Waals surface area (Å²) in [5, 5.41) is 7.23. The molecule has 2 rings (SSSR count). The van der Waals surface area contributed by atoms with Gasteiger partial charge in [0.15, 0.2) is 5.96 Å². The third-order valence-corrected chi connectivity index (χ3v) is 5.34. The molecule has 0 radical (unpaired) electrons. The smallest absolute Gasteiger partial charge is 0.191 e. The molecule has 0 saturated carbocycles. The molecule has 0 aliphatic carbocycles. The van der Waals surface area contributed by atoms with Gasteiger partial charge in [-0.25, -0.2) is 0 Å². The van der Waals surface area contributed by atoms with Crippen LogP contribution in [0.2, 0.25) is 5.02 Å². The second-order valence-corrected chi connectivity index (χ2v) is 7.52. The number of nitrogens with one attached hydrogen (secondary N) is 2. The SMILES string of the molecule is CN=C(NCCc1ccccc1Cl)NCCS(=O)Cc1ccccc1. The van der Waals surface area contributed by atoms with Gasteiger partial charge in [0.1, 0.15) is 0 Å². The number of benzene rings is 2. The van der Waals surface area contributed by atoms with Crippen molar-refractivity contribution in [1.29, 1.82) is 0 Å². The lowest BCUT2D eigenvalue weighted by Crippen LogP contribution is -2.40. The van der Waals surface area contributed by atoms with Gasteiger partial charge in [-0.2, -0.15) is 0 Å². The normalized spacial score (nSPS) is 12.6. The summed E-state index contributed by atoms with van der Waals surface area (Å²) in [6.45, 7) is 1.35. The number of guanidine groups is 1. The number of nitrogens with zero attached hydrogens (tertiary/aromatic N) is 1. The van der Waals surface area contributed by atoms with Crippen LogP contribution in [0.3, 0.4) is 0 Å². The van der Waals surface area contributed by atoms with Crippen molar-refractivity contribution in [2.75, 3.05) is 25.9 Å². The van der Waals surface area contributed by atoms with Crippen molar-refractivity contribution < 1.29 is 4.21 Å². The maximum Gasteiger partial charge on any atom is 0.191 e. The van der Waals surface area contributed by atoms with Gasteiger partial charge in [0, 0.05) is 47.5 Å². The Balaban J connectivity index is 1.66. The molecule has 0 fully saturated rings. The van der Waals surface area contributed by atoms with E-state index in [1.165, 1.54) is 0 Å². The second-order valence-electron chi connectivity index (χ2n) is 5.54. The van der Waals surface area contributed by atoms with E-state index in [-0.39, 0.29) is 0 Å². The van der Waals surface area contributed by atoms with Crippen molar-refractivity contribution in [2.24, 2.45) is 4.99 Å². The van der Waals surface area contributed by atoms with Gasteiger partial charge in [-0.05, 0) is 23.6 Å². The summed E-state index contributed by atoms with van der Waals surface area (Å²) < 4.78 is 12.1. The average molecular weight is 378 g/mol. The number of hydrogen-bond acceptors (Lipinski definition) is 2. The zero-order valence-corrected chi connectivity index (χ0v) is 15.9. The molecule has 1 atom stereocenters. The Hall–Kier alpha value is -1.85. The molecular formula is C19H24ClN3OS. The minimum absolute atomic E-state index is 0.583. The highest BCUT2D eigenvalue weighted by Gasteiger charge is 2.04. The lowest BCUT2D eigenvalue weighted by molar-refractivity contribution is 0.680. The fraction of sp³-hybridized carbons (Fsp3) is 0.316. The Bertz CT molecular complexity index is 707. The molecule has 2 aromatic rings. The monoisotopic (exact) mass is 377 g/mol. The zero-order chi connectivity index (χ0) is 17.9. The highest BCUT2D eigenvalue weighted by Crippen LogP contribution is 2.14. The molecule has 134 valence electrons. The van der Waals surface area contributed by atoms with Crippen LogP contribution in [0.25, 0.3) is 0 Å². The van der Waals surface area contributed by atoms with Crippen LogP contribution in [0.4, 0.5) is 0 Å². The Morgan fingerprint density at radius 1 is 1.04 bits per heavy atom. The molecule has 0 spiro atoms. The molecular weight excluding hydrogens is 354 g/mol. The molecule has 6 heteroatoms. The van der Waals surface area contributed by atoms with Crippen LogP contribution in [0.1, 0.15) is 11.1 Å². The minimum atomic E-state index is -0.891. The first-order valence-electron chi connectivity index (χ1n) is 8.26. The molecule has 0 bridgehead atoms. The Labute approximate surface area is 157 Å². The van der Waals surface area contributed by atoms with Crippen molar-refractivity contribution in [1.82, 2.24) is 10.6 Å². The maximum absolute atomic E-state index is 12.1. The van der Waals surface area contributed by atoms with Gasteiger partial charge in [0.2, 0.25) is 0 Å². The highest BCUT2D eigenvalue weighted by atomic mass is 35.5. The van der Waals surface area contributed by atoms with E-state index in [4.69, 9.17) is 11.6 Å². The van der Waals surface area contributed by atoms with E-state index in [1.54, 1.807) is 7.05 Å². The van der Waals surface area contributed by atoms with Crippen LogP contribution in [0.15, 0.2) is 59.6 Å². The van der Waals surface area contributed by atoms with E-state index in [0.29, 0.717) is 24.0 Å². The topological polar surface area (TPSA) is 53.5 Å². The number of aliphatic imine (C=N–C) groups is 1. The van der Waals surface area contributed by atoms with Gasteiger partial charge in [-0.15, -0.1) is 0 Å². The summed E-state index contributed by atoms with van der Waals surface area (Å²) in [4.78, 5) is 4.18. The molecule has 0 aliphatic rings. The molecule has 0 heterocycles. The Morgan fingerprint density at radius 2 is 1.72 bits per heavy atom. The molecule has 0 amide bonds. The van der Waals surface area contributed by atoms with Gasteiger partial charge >= 0.3 is 0 Å². The zero-order valence-electron chi connectivity index (χ0n) is 14.4. The summed E-state index contributed by atoms with van der Waals surface area (Å²) in [5.41, 5.74) is 2.21. The highest BCUT2D eigenvalue weighted by molar-refractivity contribution is 7.84. The van der Waals surface area contributed by atoms with E-state index in [2.05, 4.69) is 15.6 Å². The Morgan fingerprint density at radius 3 is 2.44 bits per heavy atom. The molecule has 0 saturated heterocycles. The van der Waals surface area contributed by atoms with Crippen LogP contribution in [0, 0.1) is 0 Å². The van der Waals surface area contributed by atoms with Gasteiger partial charge in [0.25, 0.3) is 0 Å². The molecule has 1 unspecified atom stereocenters. The van der Waals surface area contributed by atoms with E-state index >= 15 is 0 Å². The first kappa shape index (κ1) is 19.5. The molecule has 4 nitrogen and oxygen atoms in total. The lowest BCUT2D eigenvalue weighted by atomic mass is 10.1. The lowest BCUT2D eigenvalue weighted by Gasteiger charge is -2.12. The fourth-order valence-corrected chi connectivity index (χ4v) is 3.62. The van der Waals surface area contributed by atoms with E-state index in [1.807, 2.05) is 54.6 Å². The summed E-state index contributed by atoms with van der Waals surface area (Å²) in [5.74, 6) is 1.88. The van der Waals surface area contributed by atoms with Crippen molar-refractivity contribution in [3.8, 4) is 0 Å². The van der Waals surface area contributed by atoms with E-state index in [9.17, 15) is 4.21 Å². The van der Waals surface area contributed by atoms with Crippen molar-refractivity contribution in [2.45, 2.75) is 12.2 Å². The van der Waals surface area contributed by atoms with E-state index < -0.39 is 10.8 Å². The predicted octanol–water partition coefficient (Wildman–Crippen LogP) is 3.00. The number of rotatable bonds is 8. The molecule has 0 aliphatic heterocycles. The fourth-order valence-electron chi connectivity index (χ4n) is 2.35. The third kappa shape index (κ3) is 7.28. The van der Waals surface area contributed by atoms with Gasteiger partial charge in [0.05, 0.1) is 0 Å². The van der Waals surface area contributed by atoms with Crippen molar-refractivity contribution >= 4 is 28.4 Å². The molecule has 2 aromatic carbocycles. The maximum atomic E-state index is 12.1. The standard InChI is InChI=1S/C19H24ClN3OS/c1-21-19(22-12-11-17-9-5-6-10-18(17)20)23-13-14-25(24)15-16-7-3-2-4-8-16/h2-10H,11-15H2,1H3,(H2,21,22,23). The van der Waals surface area contributed by atoms with E-state index in [0.717, 1.165) is 29.1 Å². The summed E-state index contributed by atoms with van der Waals surface area (Å²) in [6, 6.07) is 17.7. The van der Waals surface area contributed by atoms with Gasteiger partial charge in [-0.3, -0.25) is 9.20 Å². The predicted molar refractivity (Wildman–Crippen MR) is 108 cm³/mol. The van der Waals surface area contributed by atoms with Crippen LogP contribution in [-0.2, 0) is 23.0 Å². The second kappa shape index (κ2) is 10.9. The molecule has 2 N–H and O–H groups in total. The van der Waals surface area contributed by atoms with Crippen molar-refractivity contribution in [3.63, 3.8) is 0 Å². The largest absolute Gasteiger partial charge is 0.356 e. The van der Waals surface area contributed by atoms with Crippen molar-refractivity contribution in [3.05, 3.63) is 70.7 Å². The Kier molecular flexibility index (Phi) is 8.49. The molecule has 25 heavy (non-hydrogen) atoms. The third-order valence-electron chi connectivity index (χ3n) is 3.66. The van der Waals surface area contributed by atoms with Crippen LogP contribution >= 0.6 is 11.6 Å². The van der Waals surface area contributed by atoms with Gasteiger partial charge < -0.3 is 10.6 Å². The number of hydrogen-bond donors (Lipinski definition) is 2. The summed E-state index contributed by atoms with van der Waals surface area (Å²) in [7, 11) is 0.837. The van der Waals surface area contributed by atoms with Gasteiger partial charge in [-0.1, -0.05) is 60.1 Å².